The molecule has 2 aliphatic rings. The lowest BCUT2D eigenvalue weighted by molar-refractivity contribution is -0.132. The first-order chi connectivity index (χ1) is 14.1. The third kappa shape index (κ3) is 4.99. The van der Waals surface area contributed by atoms with Crippen molar-refractivity contribution in [3.8, 4) is 0 Å². The van der Waals surface area contributed by atoms with Crippen molar-refractivity contribution in [2.75, 3.05) is 19.6 Å². The number of aromatic nitrogens is 3. The second-order valence-electron chi connectivity index (χ2n) is 7.90. The highest BCUT2D eigenvalue weighted by Gasteiger charge is 2.29. The van der Waals surface area contributed by atoms with E-state index in [1.165, 1.54) is 0 Å². The maximum atomic E-state index is 12.7. The fourth-order valence-corrected chi connectivity index (χ4v) is 4.14. The molecule has 2 aliphatic heterocycles. The molecule has 0 aliphatic carbocycles. The maximum Gasteiger partial charge on any atom is 0.251 e. The minimum Gasteiger partial charge on any atom is -0.349 e. The van der Waals surface area contributed by atoms with Gasteiger partial charge in [0.05, 0.1) is 6.54 Å². The summed E-state index contributed by atoms with van der Waals surface area (Å²) in [6.07, 6.45) is 2.12. The number of carbonyl (C=O) groups is 2. The Bertz CT molecular complexity index is 864. The number of rotatable bonds is 5. The molecule has 1 aromatic heterocycles. The van der Waals surface area contributed by atoms with Crippen molar-refractivity contribution in [1.82, 2.24) is 30.3 Å². The van der Waals surface area contributed by atoms with E-state index >= 15 is 0 Å². The van der Waals surface area contributed by atoms with Crippen LogP contribution >= 0.6 is 12.4 Å². The van der Waals surface area contributed by atoms with Crippen LogP contribution in [0.25, 0.3) is 0 Å². The van der Waals surface area contributed by atoms with Crippen molar-refractivity contribution in [2.24, 2.45) is 0 Å². The lowest BCUT2D eigenvalue weighted by Gasteiger charge is -2.32. The topological polar surface area (TPSA) is 92.2 Å². The average molecular weight is 433 g/mol. The number of benzene rings is 1. The molecular weight excluding hydrogens is 404 g/mol. The van der Waals surface area contributed by atoms with E-state index in [2.05, 4.69) is 25.4 Å². The summed E-state index contributed by atoms with van der Waals surface area (Å²) in [5.74, 6) is 2.38. The Morgan fingerprint density at radius 3 is 2.63 bits per heavy atom. The van der Waals surface area contributed by atoms with Gasteiger partial charge >= 0.3 is 0 Å². The Balaban J connectivity index is 0.00000256. The SMILES string of the molecule is CC(CC(=O)N1CCC(c2nnc3n2CCNC3)CC1)NC(=O)c1ccccc1.Cl. The van der Waals surface area contributed by atoms with Crippen LogP contribution in [0.15, 0.2) is 30.3 Å². The first-order valence-corrected chi connectivity index (χ1v) is 10.4. The molecule has 30 heavy (non-hydrogen) atoms. The molecule has 1 fully saturated rings. The lowest BCUT2D eigenvalue weighted by Crippen LogP contribution is -2.42. The van der Waals surface area contributed by atoms with E-state index in [0.29, 0.717) is 17.9 Å². The van der Waals surface area contributed by atoms with Gasteiger partial charge in [0, 0.05) is 50.1 Å². The van der Waals surface area contributed by atoms with E-state index < -0.39 is 0 Å². The summed E-state index contributed by atoms with van der Waals surface area (Å²) < 4.78 is 2.24. The van der Waals surface area contributed by atoms with Crippen LogP contribution in [-0.2, 0) is 17.9 Å². The molecule has 1 saturated heterocycles. The summed E-state index contributed by atoms with van der Waals surface area (Å²) in [5.41, 5.74) is 0.611. The van der Waals surface area contributed by atoms with Gasteiger partial charge in [-0.2, -0.15) is 0 Å². The molecule has 1 atom stereocenters. The molecule has 1 aromatic carbocycles. The Kier molecular flexibility index (Phi) is 7.44. The zero-order chi connectivity index (χ0) is 20.2. The lowest BCUT2D eigenvalue weighted by atomic mass is 9.95. The van der Waals surface area contributed by atoms with Crippen LogP contribution < -0.4 is 10.6 Å². The van der Waals surface area contributed by atoms with Gasteiger partial charge in [0.1, 0.15) is 11.6 Å². The van der Waals surface area contributed by atoms with E-state index in [0.717, 1.165) is 57.2 Å². The van der Waals surface area contributed by atoms with E-state index in [1.807, 2.05) is 30.0 Å². The maximum absolute atomic E-state index is 12.7. The van der Waals surface area contributed by atoms with Crippen molar-refractivity contribution in [2.45, 2.75) is 51.2 Å². The van der Waals surface area contributed by atoms with Gasteiger partial charge in [-0.25, -0.2) is 0 Å². The molecule has 0 spiro atoms. The fraction of sp³-hybridized carbons (Fsp3) is 0.524. The van der Waals surface area contributed by atoms with Gasteiger partial charge in [-0.3, -0.25) is 9.59 Å². The van der Waals surface area contributed by atoms with Crippen molar-refractivity contribution in [3.05, 3.63) is 47.5 Å². The summed E-state index contributed by atoms with van der Waals surface area (Å²) >= 11 is 0. The van der Waals surface area contributed by atoms with E-state index in [4.69, 9.17) is 0 Å². The van der Waals surface area contributed by atoms with Crippen LogP contribution in [0.4, 0.5) is 0 Å². The number of hydrogen-bond donors (Lipinski definition) is 2. The molecule has 0 radical (unpaired) electrons. The monoisotopic (exact) mass is 432 g/mol. The predicted octanol–water partition coefficient (Wildman–Crippen LogP) is 1.72. The molecule has 162 valence electrons. The summed E-state index contributed by atoms with van der Waals surface area (Å²) in [6.45, 7) is 5.96. The highest BCUT2D eigenvalue weighted by Crippen LogP contribution is 2.28. The van der Waals surface area contributed by atoms with Gasteiger partial charge in [0.2, 0.25) is 5.91 Å². The first-order valence-electron chi connectivity index (χ1n) is 10.4. The van der Waals surface area contributed by atoms with Crippen LogP contribution in [0.2, 0.25) is 0 Å². The molecule has 0 saturated carbocycles. The molecule has 2 N–H and O–H groups in total. The Morgan fingerprint density at radius 2 is 1.90 bits per heavy atom. The van der Waals surface area contributed by atoms with Crippen LogP contribution in [0, 0.1) is 0 Å². The fourth-order valence-electron chi connectivity index (χ4n) is 4.14. The molecule has 2 amide bonds. The number of amides is 2. The van der Waals surface area contributed by atoms with Gasteiger partial charge in [0.25, 0.3) is 5.91 Å². The van der Waals surface area contributed by atoms with Crippen LogP contribution in [0.1, 0.15) is 54.1 Å². The van der Waals surface area contributed by atoms with Gasteiger partial charge < -0.3 is 20.1 Å². The second kappa shape index (κ2) is 10.0. The number of likely N-dealkylation sites (tertiary alicyclic amines) is 1. The minimum absolute atomic E-state index is 0. The van der Waals surface area contributed by atoms with Crippen molar-refractivity contribution in [3.63, 3.8) is 0 Å². The van der Waals surface area contributed by atoms with E-state index in [9.17, 15) is 9.59 Å². The van der Waals surface area contributed by atoms with E-state index in [-0.39, 0.29) is 30.3 Å². The molecule has 1 unspecified atom stereocenters. The summed E-state index contributed by atoms with van der Waals surface area (Å²) in [4.78, 5) is 26.8. The van der Waals surface area contributed by atoms with Gasteiger partial charge in [-0.05, 0) is 31.9 Å². The normalized spacial score (nSPS) is 17.6. The van der Waals surface area contributed by atoms with Crippen molar-refractivity contribution in [1.29, 1.82) is 0 Å². The molecule has 4 rings (SSSR count). The number of carbonyl (C=O) groups excluding carboxylic acids is 2. The first kappa shape index (κ1) is 22.2. The molecule has 0 bridgehead atoms. The third-order valence-corrected chi connectivity index (χ3v) is 5.76. The predicted molar refractivity (Wildman–Crippen MR) is 116 cm³/mol. The number of hydrogen-bond acceptors (Lipinski definition) is 5. The quantitative estimate of drug-likeness (QED) is 0.750. The van der Waals surface area contributed by atoms with Crippen molar-refractivity contribution < 1.29 is 9.59 Å². The number of nitrogens with one attached hydrogen (secondary N) is 2. The second-order valence-corrected chi connectivity index (χ2v) is 7.90. The Labute approximate surface area is 182 Å². The van der Waals surface area contributed by atoms with Gasteiger partial charge in [-0.1, -0.05) is 18.2 Å². The summed E-state index contributed by atoms with van der Waals surface area (Å²) in [5, 5.41) is 15.0. The van der Waals surface area contributed by atoms with Gasteiger partial charge in [0.15, 0.2) is 0 Å². The molecule has 2 aromatic rings. The Hall–Kier alpha value is -2.45. The average Bonchev–Trinajstić information content (AvgIpc) is 3.18. The zero-order valence-electron chi connectivity index (χ0n) is 17.2. The molecule has 3 heterocycles. The van der Waals surface area contributed by atoms with Gasteiger partial charge in [-0.15, -0.1) is 22.6 Å². The van der Waals surface area contributed by atoms with Crippen LogP contribution in [-0.4, -0.2) is 57.2 Å². The Morgan fingerprint density at radius 1 is 1.17 bits per heavy atom. The number of nitrogens with zero attached hydrogens (tertiary/aromatic N) is 4. The number of piperidine rings is 1. The van der Waals surface area contributed by atoms with E-state index in [1.54, 1.807) is 12.1 Å². The summed E-state index contributed by atoms with van der Waals surface area (Å²) in [6, 6.07) is 8.88. The number of halogens is 1. The highest BCUT2D eigenvalue weighted by atomic mass is 35.5. The molecule has 8 nitrogen and oxygen atoms in total. The zero-order valence-corrected chi connectivity index (χ0v) is 18.0. The largest absolute Gasteiger partial charge is 0.349 e. The highest BCUT2D eigenvalue weighted by molar-refractivity contribution is 5.94. The third-order valence-electron chi connectivity index (χ3n) is 5.76. The molecular formula is C21H29ClN6O2. The van der Waals surface area contributed by atoms with Crippen LogP contribution in [0.5, 0.6) is 0 Å². The number of fused-ring (bicyclic) bond motifs is 1. The standard InChI is InChI=1S/C21H28N6O2.ClH/c1-15(23-21(29)17-5-3-2-4-6-17)13-19(28)26-10-7-16(8-11-26)20-25-24-18-14-22-9-12-27(18)20;/h2-6,15-16,22H,7-14H2,1H3,(H,23,29);1H. The van der Waals surface area contributed by atoms with Crippen molar-refractivity contribution >= 4 is 24.2 Å². The smallest absolute Gasteiger partial charge is 0.251 e. The molecule has 9 heteroatoms. The van der Waals surface area contributed by atoms with Crippen LogP contribution in [0.3, 0.4) is 0 Å². The minimum atomic E-state index is -0.205. The summed E-state index contributed by atoms with van der Waals surface area (Å²) in [7, 11) is 0.